The minimum Gasteiger partial charge on any atom is -0.332 e. The number of alkyl halides is 6. The molecule has 9 heteroatoms. The van der Waals surface area contributed by atoms with Crippen molar-refractivity contribution in [3.63, 3.8) is 0 Å². The third kappa shape index (κ3) is 5.99. The van der Waals surface area contributed by atoms with Crippen LogP contribution < -0.4 is 10.6 Å². The molecule has 0 radical (unpaired) electrons. The van der Waals surface area contributed by atoms with Crippen molar-refractivity contribution < 1.29 is 0 Å². The Hall–Kier alpha value is -0.130. The number of thiocarbonyl (C=S) groups is 1. The molecule has 0 atom stereocenters. The third-order valence-corrected chi connectivity index (χ3v) is 4.41. The third-order valence-electron chi connectivity index (χ3n) is 2.90. The van der Waals surface area contributed by atoms with Crippen molar-refractivity contribution in [1.82, 2.24) is 0 Å². The van der Waals surface area contributed by atoms with Gasteiger partial charge in [0.2, 0.25) is 7.59 Å². The van der Waals surface area contributed by atoms with Crippen LogP contribution in [0.2, 0.25) is 0 Å². The Morgan fingerprint density at radius 2 is 1.08 bits per heavy atom. The summed E-state index contributed by atoms with van der Waals surface area (Å²) in [5, 5.41) is 6.36. The van der Waals surface area contributed by atoms with Gasteiger partial charge in [0.15, 0.2) is 5.11 Å². The van der Waals surface area contributed by atoms with E-state index in [2.05, 4.69) is 10.6 Å². The average Bonchev–Trinajstić information content (AvgIpc) is 2.46. The smallest absolute Gasteiger partial charge is 0.216 e. The summed E-state index contributed by atoms with van der Waals surface area (Å²) in [5.74, 6) is 0. The number of hydrogen-bond donors (Lipinski definition) is 2. The molecule has 0 saturated carbocycles. The number of rotatable bonds is 2. The first-order valence-electron chi connectivity index (χ1n) is 6.48. The van der Waals surface area contributed by atoms with Crippen molar-refractivity contribution >= 4 is 98.3 Å². The van der Waals surface area contributed by atoms with Gasteiger partial charge in [-0.15, -0.1) is 0 Å². The van der Waals surface area contributed by atoms with Gasteiger partial charge in [-0.25, -0.2) is 0 Å². The average molecular weight is 463 g/mol. The highest BCUT2D eigenvalue weighted by Gasteiger charge is 2.23. The topological polar surface area (TPSA) is 24.1 Å². The fraction of sp³-hybridized carbons (Fsp3) is 0.133. The van der Waals surface area contributed by atoms with Crippen molar-refractivity contribution in [1.29, 1.82) is 0 Å². The summed E-state index contributed by atoms with van der Waals surface area (Å²) in [6.45, 7) is 0. The number of halogens is 6. The second-order valence-corrected chi connectivity index (χ2v) is 9.71. The SMILES string of the molecule is S=C(Nc1cccc(C(Cl)(Cl)Cl)c1)Nc1cccc(C(Cl)(Cl)Cl)c1. The highest BCUT2D eigenvalue weighted by atomic mass is 35.6. The van der Waals surface area contributed by atoms with Crippen LogP contribution in [0.4, 0.5) is 11.4 Å². The number of benzene rings is 2. The first-order chi connectivity index (χ1) is 11.1. The molecule has 2 N–H and O–H groups in total. The van der Waals surface area contributed by atoms with Crippen LogP contribution in [0.1, 0.15) is 11.1 Å². The lowest BCUT2D eigenvalue weighted by Crippen LogP contribution is -2.19. The molecule has 2 aromatic carbocycles. The maximum absolute atomic E-state index is 5.87. The highest BCUT2D eigenvalue weighted by molar-refractivity contribution is 7.80. The Bertz CT molecular complexity index is 678. The minimum atomic E-state index is -1.51. The van der Waals surface area contributed by atoms with E-state index >= 15 is 0 Å². The Labute approximate surface area is 175 Å². The van der Waals surface area contributed by atoms with Crippen LogP contribution in [0.5, 0.6) is 0 Å². The van der Waals surface area contributed by atoms with Gasteiger partial charge in [-0.1, -0.05) is 93.9 Å². The molecular formula is C15H10Cl6N2S. The Kier molecular flexibility index (Phi) is 6.77. The van der Waals surface area contributed by atoms with Crippen LogP contribution >= 0.6 is 81.8 Å². The predicted molar refractivity (Wildman–Crippen MR) is 111 cm³/mol. The lowest BCUT2D eigenvalue weighted by molar-refractivity contribution is 1.24. The van der Waals surface area contributed by atoms with E-state index in [1.165, 1.54) is 0 Å². The Morgan fingerprint density at radius 3 is 1.42 bits per heavy atom. The molecule has 0 aromatic heterocycles. The van der Waals surface area contributed by atoms with Crippen molar-refractivity contribution in [2.24, 2.45) is 0 Å². The van der Waals surface area contributed by atoms with E-state index in [-0.39, 0.29) is 0 Å². The molecule has 0 aliphatic carbocycles. The second-order valence-electron chi connectivity index (χ2n) is 4.74. The van der Waals surface area contributed by atoms with Crippen LogP contribution in [-0.2, 0) is 7.59 Å². The van der Waals surface area contributed by atoms with E-state index in [9.17, 15) is 0 Å². The zero-order valence-corrected chi connectivity index (χ0v) is 17.1. The summed E-state index contributed by atoms with van der Waals surface area (Å²) < 4.78 is -3.02. The van der Waals surface area contributed by atoms with Crippen LogP contribution in [0, 0.1) is 0 Å². The van der Waals surface area contributed by atoms with Crippen molar-refractivity contribution in [3.8, 4) is 0 Å². The summed E-state index contributed by atoms with van der Waals surface area (Å²) in [5.41, 5.74) is 2.40. The van der Waals surface area contributed by atoms with Gasteiger partial charge in [0.1, 0.15) is 0 Å². The molecule has 2 aromatic rings. The van der Waals surface area contributed by atoms with Crippen molar-refractivity contribution in [2.75, 3.05) is 10.6 Å². The lowest BCUT2D eigenvalue weighted by Gasteiger charge is -2.16. The molecule has 0 fully saturated rings. The monoisotopic (exact) mass is 460 g/mol. The highest BCUT2D eigenvalue weighted by Crippen LogP contribution is 2.39. The molecule has 0 aliphatic heterocycles. The molecule has 0 unspecified atom stereocenters. The van der Waals surface area contributed by atoms with Gasteiger partial charge in [-0.05, 0) is 36.5 Å². The molecule has 0 amide bonds. The Morgan fingerprint density at radius 1 is 0.708 bits per heavy atom. The van der Waals surface area contributed by atoms with Crippen LogP contribution in [0.3, 0.4) is 0 Å². The molecule has 2 rings (SSSR count). The lowest BCUT2D eigenvalue weighted by atomic mass is 10.2. The maximum Gasteiger partial charge on any atom is 0.216 e. The molecule has 0 heterocycles. The first kappa shape index (κ1) is 20.2. The van der Waals surface area contributed by atoms with Crippen LogP contribution in [0.15, 0.2) is 48.5 Å². The normalized spacial score (nSPS) is 11.9. The second kappa shape index (κ2) is 8.05. The minimum absolute atomic E-state index is 0.345. The fourth-order valence-electron chi connectivity index (χ4n) is 1.84. The summed E-state index contributed by atoms with van der Waals surface area (Å²) >= 11 is 40.5. The van der Waals surface area contributed by atoms with Gasteiger partial charge in [-0.3, -0.25) is 0 Å². The van der Waals surface area contributed by atoms with E-state index in [0.717, 1.165) is 0 Å². The van der Waals surface area contributed by atoms with Gasteiger partial charge >= 0.3 is 0 Å². The standard InChI is InChI=1S/C15H10Cl6N2S/c16-14(17,18)9-3-1-5-11(7-9)22-13(24)23-12-6-2-4-10(8-12)15(19,20)21/h1-8H,(H2,22,23,24). The zero-order chi connectivity index (χ0) is 18.0. The van der Waals surface area contributed by atoms with Crippen LogP contribution in [-0.4, -0.2) is 5.11 Å². The summed E-state index contributed by atoms with van der Waals surface area (Å²) in [7, 11) is 0. The van der Waals surface area contributed by atoms with Gasteiger partial charge < -0.3 is 10.6 Å². The molecule has 128 valence electrons. The van der Waals surface area contributed by atoms with Gasteiger partial charge in [0, 0.05) is 22.5 Å². The molecule has 2 nitrogen and oxygen atoms in total. The summed E-state index contributed by atoms with van der Waals surface area (Å²) in [6, 6.07) is 13.9. The molecular weight excluding hydrogens is 453 g/mol. The molecule has 0 saturated heterocycles. The fourth-order valence-corrected chi connectivity index (χ4v) is 2.78. The molecule has 24 heavy (non-hydrogen) atoms. The van der Waals surface area contributed by atoms with Crippen molar-refractivity contribution in [3.05, 3.63) is 59.7 Å². The molecule has 0 bridgehead atoms. The van der Waals surface area contributed by atoms with E-state index in [1.54, 1.807) is 48.5 Å². The maximum atomic E-state index is 5.87. The number of nitrogens with one attached hydrogen (secondary N) is 2. The van der Waals surface area contributed by atoms with E-state index in [1.807, 2.05) is 0 Å². The quantitative estimate of drug-likeness (QED) is 0.366. The van der Waals surface area contributed by atoms with Gasteiger partial charge in [0.05, 0.1) is 0 Å². The zero-order valence-electron chi connectivity index (χ0n) is 11.8. The predicted octanol–water partition coefficient (Wildman–Crippen LogP) is 7.15. The summed E-state index contributed by atoms with van der Waals surface area (Å²) in [4.78, 5) is 0. The number of hydrogen-bond acceptors (Lipinski definition) is 1. The largest absolute Gasteiger partial charge is 0.332 e. The van der Waals surface area contributed by atoms with E-state index in [0.29, 0.717) is 27.6 Å². The number of anilines is 2. The van der Waals surface area contributed by atoms with Gasteiger partial charge in [-0.2, -0.15) is 0 Å². The van der Waals surface area contributed by atoms with Crippen molar-refractivity contribution in [2.45, 2.75) is 7.59 Å². The Balaban J connectivity index is 2.09. The first-order valence-corrected chi connectivity index (χ1v) is 9.16. The molecule has 0 spiro atoms. The van der Waals surface area contributed by atoms with E-state index < -0.39 is 7.59 Å². The van der Waals surface area contributed by atoms with Gasteiger partial charge in [0.25, 0.3) is 0 Å². The van der Waals surface area contributed by atoms with Crippen LogP contribution in [0.25, 0.3) is 0 Å². The molecule has 0 aliphatic rings. The van der Waals surface area contributed by atoms with E-state index in [4.69, 9.17) is 81.8 Å². The summed E-state index contributed by atoms with van der Waals surface area (Å²) in [6.07, 6.45) is 0.